The highest BCUT2D eigenvalue weighted by Crippen LogP contribution is 2.51. The van der Waals surface area contributed by atoms with E-state index in [0.29, 0.717) is 0 Å². The van der Waals surface area contributed by atoms with Gasteiger partial charge < -0.3 is 25.2 Å². The van der Waals surface area contributed by atoms with Gasteiger partial charge in [0.05, 0.1) is 24.9 Å². The Morgan fingerprint density at radius 1 is 0.846 bits per heavy atom. The molecule has 0 heterocycles. The summed E-state index contributed by atoms with van der Waals surface area (Å²) in [6, 6.07) is 0. The Balaban J connectivity index is 4.83. The van der Waals surface area contributed by atoms with Gasteiger partial charge in [-0.25, -0.2) is 9.36 Å². The fourth-order valence-corrected chi connectivity index (χ4v) is 3.26. The lowest BCUT2D eigenvalue weighted by molar-refractivity contribution is -0.173. The largest absolute Gasteiger partial charge is 0.475 e. The Kier molecular flexibility index (Phi) is 11.1. The third-order valence-corrected chi connectivity index (χ3v) is 4.57. The first-order chi connectivity index (χ1) is 11.8. The first-order valence-corrected chi connectivity index (χ1v) is 9.79. The molecule has 0 aromatic rings. The summed E-state index contributed by atoms with van der Waals surface area (Å²) in [7, 11) is -4.02. The second-order valence-electron chi connectivity index (χ2n) is 6.53. The lowest BCUT2D eigenvalue weighted by Crippen LogP contribution is -2.49. The highest BCUT2D eigenvalue weighted by atomic mass is 31.2. The van der Waals surface area contributed by atoms with Crippen LogP contribution in [-0.4, -0.2) is 75.7 Å². The average molecular weight is 402 g/mol. The van der Waals surface area contributed by atoms with E-state index < -0.39 is 63.1 Å². The molecule has 0 aliphatic rings. The molecule has 0 amide bonds. The third kappa shape index (κ3) is 9.38. The second kappa shape index (κ2) is 11.3. The van der Waals surface area contributed by atoms with Gasteiger partial charge >= 0.3 is 13.8 Å². The molecule has 10 nitrogen and oxygen atoms in total. The summed E-state index contributed by atoms with van der Waals surface area (Å²) >= 11 is 0. The number of hydrogen-bond acceptors (Lipinski definition) is 10. The molecule has 4 atom stereocenters. The van der Waals surface area contributed by atoms with Gasteiger partial charge in [-0.3, -0.25) is 13.6 Å². The van der Waals surface area contributed by atoms with Gasteiger partial charge in [-0.1, -0.05) is 0 Å². The highest BCUT2D eigenvalue weighted by Gasteiger charge is 2.38. The molecule has 11 heteroatoms. The van der Waals surface area contributed by atoms with Gasteiger partial charge in [-0.15, -0.1) is 0 Å². The number of ether oxygens (including phenoxy) is 1. The van der Waals surface area contributed by atoms with Crippen molar-refractivity contribution in [3.8, 4) is 0 Å². The van der Waals surface area contributed by atoms with Crippen LogP contribution in [0.3, 0.4) is 0 Å². The molecule has 0 fully saturated rings. The van der Waals surface area contributed by atoms with Crippen LogP contribution in [0, 0.1) is 0 Å². The standard InChI is InChI=1S/C15H31O10P/c1-8(2)23-15(20)14(19)13(18)12(17)11(16)7-22-26(21,24-9(3)4)25-10(5)6/h8-14,16-19H,7H2,1-6H3/t11-,12-,13+,14-/m1/s1. The lowest BCUT2D eigenvalue weighted by atomic mass is 10.0. The van der Waals surface area contributed by atoms with Crippen molar-refractivity contribution < 1.29 is 48.1 Å². The van der Waals surface area contributed by atoms with E-state index in [1.165, 1.54) is 13.8 Å². The lowest BCUT2D eigenvalue weighted by Gasteiger charge is -2.27. The summed E-state index contributed by atoms with van der Waals surface area (Å²) in [4.78, 5) is 11.5. The minimum atomic E-state index is -4.02. The maximum Gasteiger partial charge on any atom is 0.475 e. The van der Waals surface area contributed by atoms with Crippen LogP contribution in [0.1, 0.15) is 41.5 Å². The number of aliphatic hydroxyl groups excluding tert-OH is 4. The van der Waals surface area contributed by atoms with E-state index in [-0.39, 0.29) is 0 Å². The normalized spacial score (nSPS) is 17.4. The van der Waals surface area contributed by atoms with Crippen LogP contribution in [0.2, 0.25) is 0 Å². The van der Waals surface area contributed by atoms with E-state index in [9.17, 15) is 29.8 Å². The van der Waals surface area contributed by atoms with E-state index in [2.05, 4.69) is 0 Å². The SMILES string of the molecule is CC(C)OC(=O)[C@H](O)[C@@H](O)[C@H](O)[C@H](O)COP(=O)(OC(C)C)OC(C)C. The fourth-order valence-electron chi connectivity index (χ4n) is 1.72. The van der Waals surface area contributed by atoms with Crippen LogP contribution in [-0.2, 0) is 27.7 Å². The number of aliphatic hydroxyl groups is 4. The van der Waals surface area contributed by atoms with Gasteiger partial charge in [0.15, 0.2) is 6.10 Å². The average Bonchev–Trinajstić information content (AvgIpc) is 2.48. The van der Waals surface area contributed by atoms with E-state index >= 15 is 0 Å². The van der Waals surface area contributed by atoms with Crippen molar-refractivity contribution in [3.05, 3.63) is 0 Å². The van der Waals surface area contributed by atoms with Crippen LogP contribution < -0.4 is 0 Å². The maximum atomic E-state index is 12.4. The summed E-state index contributed by atoms with van der Waals surface area (Å²) in [5.74, 6) is -1.16. The monoisotopic (exact) mass is 402 g/mol. The summed E-state index contributed by atoms with van der Waals surface area (Å²) in [5.41, 5.74) is 0. The Morgan fingerprint density at radius 3 is 1.69 bits per heavy atom. The summed E-state index contributed by atoms with van der Waals surface area (Å²) in [6.45, 7) is 8.75. The minimum Gasteiger partial charge on any atom is -0.461 e. The minimum absolute atomic E-state index is 0.500. The highest BCUT2D eigenvalue weighted by molar-refractivity contribution is 7.48. The number of phosphoric ester groups is 1. The molecule has 0 rings (SSSR count). The first-order valence-electron chi connectivity index (χ1n) is 8.33. The zero-order valence-corrected chi connectivity index (χ0v) is 16.8. The second-order valence-corrected chi connectivity index (χ2v) is 8.10. The summed E-state index contributed by atoms with van der Waals surface area (Å²) in [6.07, 6.45) is -9.42. The predicted molar refractivity (Wildman–Crippen MR) is 91.3 cm³/mol. The molecule has 0 bridgehead atoms. The van der Waals surface area contributed by atoms with E-state index in [1.807, 2.05) is 0 Å². The number of esters is 1. The van der Waals surface area contributed by atoms with E-state index in [4.69, 9.17) is 18.3 Å². The number of phosphoric acid groups is 1. The van der Waals surface area contributed by atoms with Crippen molar-refractivity contribution in [2.24, 2.45) is 0 Å². The number of rotatable bonds is 12. The third-order valence-electron chi connectivity index (χ3n) is 2.74. The molecule has 0 aliphatic carbocycles. The topological polar surface area (TPSA) is 152 Å². The van der Waals surface area contributed by atoms with Crippen molar-refractivity contribution in [3.63, 3.8) is 0 Å². The molecule has 0 saturated heterocycles. The summed E-state index contributed by atoms with van der Waals surface area (Å²) < 4.78 is 32.3. The maximum absolute atomic E-state index is 12.4. The first kappa shape index (κ1) is 25.4. The molecule has 0 spiro atoms. The van der Waals surface area contributed by atoms with Crippen LogP contribution in [0.15, 0.2) is 0 Å². The van der Waals surface area contributed by atoms with Crippen molar-refractivity contribution in [1.82, 2.24) is 0 Å². The fraction of sp³-hybridized carbons (Fsp3) is 0.933. The van der Waals surface area contributed by atoms with Crippen molar-refractivity contribution >= 4 is 13.8 Å². The van der Waals surface area contributed by atoms with Gasteiger partial charge in [-0.05, 0) is 41.5 Å². The molecule has 0 aliphatic heterocycles. The van der Waals surface area contributed by atoms with Gasteiger partial charge in [0, 0.05) is 0 Å². The van der Waals surface area contributed by atoms with Gasteiger partial charge in [0.1, 0.15) is 18.3 Å². The van der Waals surface area contributed by atoms with Gasteiger partial charge in [0.2, 0.25) is 0 Å². The van der Waals surface area contributed by atoms with Gasteiger partial charge in [-0.2, -0.15) is 0 Å². The number of carbonyl (C=O) groups is 1. The van der Waals surface area contributed by atoms with E-state index in [1.54, 1.807) is 27.7 Å². The van der Waals surface area contributed by atoms with Crippen LogP contribution >= 0.6 is 7.82 Å². The molecule has 156 valence electrons. The molecule has 26 heavy (non-hydrogen) atoms. The van der Waals surface area contributed by atoms with Gasteiger partial charge in [0.25, 0.3) is 0 Å². The zero-order valence-electron chi connectivity index (χ0n) is 15.9. The predicted octanol–water partition coefficient (Wildman–Crippen LogP) is 0.356. The molecule has 0 saturated carbocycles. The van der Waals surface area contributed by atoms with Crippen molar-refractivity contribution in [2.75, 3.05) is 6.61 Å². The van der Waals surface area contributed by atoms with E-state index in [0.717, 1.165) is 0 Å². The van der Waals surface area contributed by atoms with Crippen molar-refractivity contribution in [1.29, 1.82) is 0 Å². The molecular weight excluding hydrogens is 371 g/mol. The molecule has 0 unspecified atom stereocenters. The number of hydrogen-bond donors (Lipinski definition) is 4. The Bertz CT molecular complexity index is 453. The summed E-state index contributed by atoms with van der Waals surface area (Å²) in [5, 5.41) is 39.3. The van der Waals surface area contributed by atoms with Crippen LogP contribution in [0.4, 0.5) is 0 Å². The molecule has 4 N–H and O–H groups in total. The number of carbonyl (C=O) groups excluding carboxylic acids is 1. The van der Waals surface area contributed by atoms with Crippen LogP contribution in [0.5, 0.6) is 0 Å². The zero-order chi connectivity index (χ0) is 20.7. The molecular formula is C15H31O10P. The molecule has 0 aromatic heterocycles. The molecule has 0 aromatic carbocycles. The Hall–Kier alpha value is -0.580. The quantitative estimate of drug-likeness (QED) is 0.266. The Labute approximate surface area is 153 Å². The van der Waals surface area contributed by atoms with Crippen LogP contribution in [0.25, 0.3) is 0 Å². The molecule has 0 radical (unpaired) electrons. The Morgan fingerprint density at radius 2 is 1.31 bits per heavy atom. The van der Waals surface area contributed by atoms with Crippen molar-refractivity contribution in [2.45, 2.75) is 84.3 Å². The smallest absolute Gasteiger partial charge is 0.461 e.